The van der Waals surface area contributed by atoms with Gasteiger partial charge in [0, 0.05) is 6.54 Å². The molecule has 4 N–H and O–H groups in total. The summed E-state index contributed by atoms with van der Waals surface area (Å²) in [6.07, 6.45) is 1.63. The van der Waals surface area contributed by atoms with Crippen LogP contribution >= 0.6 is 0 Å². The molecule has 0 atom stereocenters. The third-order valence-corrected chi connectivity index (χ3v) is 1.86. The van der Waals surface area contributed by atoms with E-state index >= 15 is 0 Å². The molecule has 0 bridgehead atoms. The highest BCUT2D eigenvalue weighted by atomic mass is 16.1. The minimum Gasteiger partial charge on any atom is -0.384 e. The molecule has 5 nitrogen and oxygen atoms in total. The van der Waals surface area contributed by atoms with Gasteiger partial charge in [0.2, 0.25) is 5.91 Å². The molecule has 0 aliphatic heterocycles. The highest BCUT2D eigenvalue weighted by Crippen LogP contribution is 2.12. The number of amides is 1. The van der Waals surface area contributed by atoms with Crippen molar-refractivity contribution in [3.05, 3.63) is 18.3 Å². The molecule has 1 aromatic heterocycles. The van der Waals surface area contributed by atoms with Gasteiger partial charge in [0.15, 0.2) is 0 Å². The van der Waals surface area contributed by atoms with E-state index in [-0.39, 0.29) is 12.5 Å². The van der Waals surface area contributed by atoms with E-state index in [0.29, 0.717) is 12.4 Å². The molecular formula is C9H14N4O. The number of hydrogen-bond donors (Lipinski definition) is 2. The van der Waals surface area contributed by atoms with Crippen LogP contribution in [0.3, 0.4) is 0 Å². The Morgan fingerprint density at radius 1 is 1.57 bits per heavy atom. The van der Waals surface area contributed by atoms with Crippen molar-refractivity contribution in [1.29, 1.82) is 0 Å². The van der Waals surface area contributed by atoms with E-state index in [2.05, 4.69) is 4.98 Å². The minimum absolute atomic E-state index is 0.197. The number of hydrogen-bond acceptors (Lipinski definition) is 4. The summed E-state index contributed by atoms with van der Waals surface area (Å²) < 4.78 is 0. The number of nitrogens with zero attached hydrogens (tertiary/aromatic N) is 2. The third-order valence-electron chi connectivity index (χ3n) is 1.86. The summed E-state index contributed by atoms with van der Waals surface area (Å²) >= 11 is 0. The summed E-state index contributed by atoms with van der Waals surface area (Å²) in [5, 5.41) is 0. The van der Waals surface area contributed by atoms with Crippen LogP contribution in [0.2, 0.25) is 0 Å². The first kappa shape index (κ1) is 10.3. The first-order chi connectivity index (χ1) is 6.63. The Labute approximate surface area is 82.7 Å². The lowest BCUT2D eigenvalue weighted by atomic mass is 10.3. The Bertz CT molecular complexity index is 309. The summed E-state index contributed by atoms with van der Waals surface area (Å²) in [5.41, 5.74) is 11.4. The Balaban J connectivity index is 2.78. The van der Waals surface area contributed by atoms with Crippen LogP contribution in [0.4, 0.5) is 11.5 Å². The molecule has 1 rings (SSSR count). The van der Waals surface area contributed by atoms with E-state index in [4.69, 9.17) is 11.5 Å². The van der Waals surface area contributed by atoms with Crippen molar-refractivity contribution in [2.75, 3.05) is 23.7 Å². The molecule has 5 heteroatoms. The standard InChI is InChI=1S/C9H14N4O/c1-2-13(6-9(11)14)7-3-4-8(10)12-5-7/h3-5H,2,6H2,1H3,(H2,10,12)(H2,11,14). The van der Waals surface area contributed by atoms with E-state index in [0.717, 1.165) is 5.69 Å². The Morgan fingerprint density at radius 3 is 2.71 bits per heavy atom. The highest BCUT2D eigenvalue weighted by Gasteiger charge is 2.06. The van der Waals surface area contributed by atoms with E-state index in [1.54, 1.807) is 12.3 Å². The average Bonchev–Trinajstić information content (AvgIpc) is 2.15. The zero-order valence-corrected chi connectivity index (χ0v) is 8.10. The van der Waals surface area contributed by atoms with Crippen LogP contribution in [0.25, 0.3) is 0 Å². The van der Waals surface area contributed by atoms with Gasteiger partial charge in [-0.15, -0.1) is 0 Å². The van der Waals surface area contributed by atoms with Gasteiger partial charge in [-0.2, -0.15) is 0 Å². The van der Waals surface area contributed by atoms with Crippen LogP contribution in [-0.2, 0) is 4.79 Å². The summed E-state index contributed by atoms with van der Waals surface area (Å²) in [4.78, 5) is 16.5. The van der Waals surface area contributed by atoms with Crippen LogP contribution in [0.1, 0.15) is 6.92 Å². The van der Waals surface area contributed by atoms with Gasteiger partial charge in [-0.05, 0) is 19.1 Å². The number of anilines is 2. The Hall–Kier alpha value is -1.78. The molecule has 0 saturated carbocycles. The predicted octanol–water partition coefficient (Wildman–Crippen LogP) is -0.0246. The van der Waals surface area contributed by atoms with Gasteiger partial charge in [-0.1, -0.05) is 0 Å². The van der Waals surface area contributed by atoms with Crippen molar-refractivity contribution in [2.24, 2.45) is 5.73 Å². The minimum atomic E-state index is -0.358. The zero-order valence-electron chi connectivity index (χ0n) is 8.10. The average molecular weight is 194 g/mol. The van der Waals surface area contributed by atoms with Crippen LogP contribution in [-0.4, -0.2) is 24.0 Å². The summed E-state index contributed by atoms with van der Waals surface area (Å²) in [5.74, 6) is 0.104. The van der Waals surface area contributed by atoms with E-state index < -0.39 is 0 Å². The van der Waals surface area contributed by atoms with Crippen LogP contribution in [0.15, 0.2) is 18.3 Å². The number of aromatic nitrogens is 1. The number of nitrogen functional groups attached to an aromatic ring is 1. The third kappa shape index (κ3) is 2.62. The number of nitrogens with two attached hydrogens (primary N) is 2. The van der Waals surface area contributed by atoms with Gasteiger partial charge >= 0.3 is 0 Å². The largest absolute Gasteiger partial charge is 0.384 e. The van der Waals surface area contributed by atoms with Crippen molar-refractivity contribution in [3.8, 4) is 0 Å². The first-order valence-corrected chi connectivity index (χ1v) is 4.38. The molecule has 1 aromatic rings. The van der Waals surface area contributed by atoms with Crippen LogP contribution in [0.5, 0.6) is 0 Å². The van der Waals surface area contributed by atoms with Gasteiger partial charge in [0.05, 0.1) is 18.4 Å². The Morgan fingerprint density at radius 2 is 2.29 bits per heavy atom. The second kappa shape index (κ2) is 4.45. The molecule has 1 heterocycles. The molecule has 0 aliphatic carbocycles. The maximum Gasteiger partial charge on any atom is 0.236 e. The van der Waals surface area contributed by atoms with Crippen LogP contribution in [0, 0.1) is 0 Å². The summed E-state index contributed by atoms with van der Waals surface area (Å²) in [6, 6.07) is 3.51. The second-order valence-electron chi connectivity index (χ2n) is 2.92. The molecular weight excluding hydrogens is 180 g/mol. The monoisotopic (exact) mass is 194 g/mol. The van der Waals surface area contributed by atoms with Crippen molar-refractivity contribution < 1.29 is 4.79 Å². The lowest BCUT2D eigenvalue weighted by Crippen LogP contribution is -2.33. The molecule has 1 amide bonds. The summed E-state index contributed by atoms with van der Waals surface area (Å²) in [7, 11) is 0. The molecule has 0 fully saturated rings. The smallest absolute Gasteiger partial charge is 0.236 e. The fraction of sp³-hybridized carbons (Fsp3) is 0.333. The molecule has 0 radical (unpaired) electrons. The molecule has 0 aliphatic rings. The van der Waals surface area contributed by atoms with Crippen molar-refractivity contribution in [1.82, 2.24) is 4.98 Å². The van der Waals surface area contributed by atoms with Crippen molar-refractivity contribution in [3.63, 3.8) is 0 Å². The SMILES string of the molecule is CCN(CC(N)=O)c1ccc(N)nc1. The van der Waals surface area contributed by atoms with E-state index in [9.17, 15) is 4.79 Å². The lowest BCUT2D eigenvalue weighted by molar-refractivity contribution is -0.116. The molecule has 0 aromatic carbocycles. The quantitative estimate of drug-likeness (QED) is 0.705. The first-order valence-electron chi connectivity index (χ1n) is 4.38. The van der Waals surface area contributed by atoms with E-state index in [1.165, 1.54) is 0 Å². The highest BCUT2D eigenvalue weighted by molar-refractivity contribution is 5.79. The molecule has 0 unspecified atom stereocenters. The lowest BCUT2D eigenvalue weighted by Gasteiger charge is -2.20. The van der Waals surface area contributed by atoms with Gasteiger partial charge in [-0.25, -0.2) is 4.98 Å². The number of pyridine rings is 1. The van der Waals surface area contributed by atoms with Gasteiger partial charge in [0.25, 0.3) is 0 Å². The maximum absolute atomic E-state index is 10.7. The van der Waals surface area contributed by atoms with E-state index in [1.807, 2.05) is 17.9 Å². The molecule has 0 spiro atoms. The number of rotatable bonds is 4. The van der Waals surface area contributed by atoms with Gasteiger partial charge in [0.1, 0.15) is 5.82 Å². The van der Waals surface area contributed by atoms with Gasteiger partial charge in [-0.3, -0.25) is 4.79 Å². The zero-order chi connectivity index (χ0) is 10.6. The van der Waals surface area contributed by atoms with Gasteiger partial charge < -0.3 is 16.4 Å². The predicted molar refractivity (Wildman–Crippen MR) is 55.7 cm³/mol. The van der Waals surface area contributed by atoms with Crippen molar-refractivity contribution >= 4 is 17.4 Å². The summed E-state index contributed by atoms with van der Waals surface area (Å²) in [6.45, 7) is 2.84. The number of likely N-dealkylation sites (N-methyl/N-ethyl adjacent to an activating group) is 1. The topological polar surface area (TPSA) is 85.2 Å². The second-order valence-corrected chi connectivity index (χ2v) is 2.92. The van der Waals surface area contributed by atoms with Crippen molar-refractivity contribution in [2.45, 2.75) is 6.92 Å². The normalized spacial score (nSPS) is 9.79. The Kier molecular flexibility index (Phi) is 3.28. The molecule has 14 heavy (non-hydrogen) atoms. The fourth-order valence-corrected chi connectivity index (χ4v) is 1.16. The number of carbonyl (C=O) groups excluding carboxylic acids is 1. The number of primary amides is 1. The van der Waals surface area contributed by atoms with Crippen LogP contribution < -0.4 is 16.4 Å². The number of carbonyl (C=O) groups is 1. The maximum atomic E-state index is 10.7. The molecule has 76 valence electrons. The molecule has 0 saturated heterocycles. The fourth-order valence-electron chi connectivity index (χ4n) is 1.16.